The first-order chi connectivity index (χ1) is 29.3. The molecule has 0 aromatic heterocycles. The van der Waals surface area contributed by atoms with Gasteiger partial charge in [0, 0.05) is 13.8 Å². The topological polar surface area (TPSA) is 445 Å². The minimum Gasteiger partial charge on any atom is -0.394 e. The standard InChI is InChI=1S/C34H58N2O26/c1-8(41)35-15-21(47)27(60-32-25(51)22(48)17(43)10(3-37)56-32)13(6-40)59-31(15)54-7-14-20(46)28(16(30(53)55-14)36-9(2)42)61-34-29(24(50)19(45)12(5-39)58-34)62-33-26(52)23(49)18(44)11(4-38)57-33/h10-34,37-40,43-53H,3-7H2,1-2H3,(H,35,41)(H,36,42)/t10-,11-,12+,13+,14+,15+,16+,17+,18+,19-,20-,21+,22+,23+,24-,25-,26-,27+,28+,29+,30-,31-,32-,33-,34-/m0/s1. The third-order valence-electron chi connectivity index (χ3n) is 11.1. The van der Waals surface area contributed by atoms with Crippen molar-refractivity contribution in [3.8, 4) is 0 Å². The van der Waals surface area contributed by atoms with Crippen LogP contribution in [0.1, 0.15) is 13.8 Å². The second-order valence-corrected chi connectivity index (χ2v) is 15.5. The highest BCUT2D eigenvalue weighted by Gasteiger charge is 2.56. The van der Waals surface area contributed by atoms with E-state index in [0.29, 0.717) is 0 Å². The molecule has 5 rings (SSSR count). The van der Waals surface area contributed by atoms with Crippen molar-refractivity contribution in [2.75, 3.05) is 33.0 Å². The summed E-state index contributed by atoms with van der Waals surface area (Å²) in [7, 11) is 0. The Morgan fingerprint density at radius 2 is 0.839 bits per heavy atom. The van der Waals surface area contributed by atoms with Crippen molar-refractivity contribution in [1.82, 2.24) is 10.6 Å². The van der Waals surface area contributed by atoms with Crippen LogP contribution in [0.4, 0.5) is 0 Å². The molecule has 0 aromatic carbocycles. The van der Waals surface area contributed by atoms with Gasteiger partial charge in [-0.2, -0.15) is 0 Å². The van der Waals surface area contributed by atoms with E-state index in [1.165, 1.54) is 0 Å². The van der Waals surface area contributed by atoms with Crippen LogP contribution in [0.5, 0.6) is 0 Å². The third kappa shape index (κ3) is 11.0. The molecule has 0 bridgehead atoms. The monoisotopic (exact) mass is 910 g/mol. The van der Waals surface area contributed by atoms with E-state index >= 15 is 0 Å². The quantitative estimate of drug-likeness (QED) is 0.0725. The normalized spacial score (nSPS) is 49.0. The van der Waals surface area contributed by atoms with Gasteiger partial charge in [0.1, 0.15) is 122 Å². The Morgan fingerprint density at radius 1 is 0.419 bits per heavy atom. The lowest BCUT2D eigenvalue weighted by molar-refractivity contribution is -0.383. The van der Waals surface area contributed by atoms with Gasteiger partial charge >= 0.3 is 0 Å². The summed E-state index contributed by atoms with van der Waals surface area (Å²) in [6.07, 6.45) is -41.8. The fraction of sp³-hybridized carbons (Fsp3) is 0.941. The predicted molar refractivity (Wildman–Crippen MR) is 190 cm³/mol. The molecule has 360 valence electrons. The Hall–Kier alpha value is -2.02. The van der Waals surface area contributed by atoms with Crippen LogP contribution in [-0.2, 0) is 52.2 Å². The van der Waals surface area contributed by atoms with E-state index in [0.717, 1.165) is 13.8 Å². The van der Waals surface area contributed by atoms with E-state index in [-0.39, 0.29) is 0 Å². The Kier molecular flexibility index (Phi) is 18.1. The van der Waals surface area contributed by atoms with E-state index in [9.17, 15) is 86.2 Å². The number of carbonyl (C=O) groups excluding carboxylic acids is 2. The van der Waals surface area contributed by atoms with Gasteiger partial charge in [0.25, 0.3) is 0 Å². The van der Waals surface area contributed by atoms with Crippen LogP contribution in [0.15, 0.2) is 0 Å². The molecule has 5 aliphatic heterocycles. The largest absolute Gasteiger partial charge is 0.394 e. The molecule has 5 aliphatic rings. The highest BCUT2D eigenvalue weighted by molar-refractivity contribution is 5.73. The van der Waals surface area contributed by atoms with Gasteiger partial charge in [-0.3, -0.25) is 9.59 Å². The molecule has 0 saturated carbocycles. The van der Waals surface area contributed by atoms with Crippen LogP contribution >= 0.6 is 0 Å². The summed E-state index contributed by atoms with van der Waals surface area (Å²) in [4.78, 5) is 24.6. The molecular weight excluding hydrogens is 852 g/mol. The third-order valence-corrected chi connectivity index (χ3v) is 11.1. The first-order valence-corrected chi connectivity index (χ1v) is 19.6. The molecule has 5 saturated heterocycles. The summed E-state index contributed by atoms with van der Waals surface area (Å²) in [6.45, 7) is -2.23. The maximum absolute atomic E-state index is 12.3. The van der Waals surface area contributed by atoms with Crippen LogP contribution in [-0.4, -0.2) is 275 Å². The number of ether oxygens (including phenoxy) is 9. The first-order valence-electron chi connectivity index (χ1n) is 19.6. The van der Waals surface area contributed by atoms with Crippen molar-refractivity contribution in [3.63, 3.8) is 0 Å². The first kappa shape index (κ1) is 51.0. The van der Waals surface area contributed by atoms with Crippen LogP contribution in [0.2, 0.25) is 0 Å². The van der Waals surface area contributed by atoms with Crippen LogP contribution < -0.4 is 10.6 Å². The maximum Gasteiger partial charge on any atom is 0.217 e. The average Bonchev–Trinajstić information content (AvgIpc) is 3.23. The highest BCUT2D eigenvalue weighted by Crippen LogP contribution is 2.34. The molecule has 28 heteroatoms. The molecule has 5 heterocycles. The van der Waals surface area contributed by atoms with E-state index in [4.69, 9.17) is 42.6 Å². The summed E-state index contributed by atoms with van der Waals surface area (Å²) in [5.74, 6) is -1.54. The highest BCUT2D eigenvalue weighted by atomic mass is 16.8. The SMILES string of the molecule is CC(=O)N[C@@H]1[C@@H](O[C@@H]2O[C@H](CO)[C@H](O)[C@H](O)[C@H]2O[C@@H]2O[C@@H](CO)[C@@H](O)[C@@H](O)[C@@H]2O)[C@@H](O)[C@@H](CO[C@H]2O[C@H](CO)[C@@H](O[C@@H]3O[C@@H](CO)[C@@H](O)[C@@H](O)[C@@H]3O)[C@H](O)[C@H]2NC(C)=O)O[C@@H]1O. The van der Waals surface area contributed by atoms with Crippen molar-refractivity contribution < 1.29 is 129 Å². The Bertz CT molecular complexity index is 1440. The van der Waals surface area contributed by atoms with Crippen molar-refractivity contribution >= 4 is 11.8 Å². The van der Waals surface area contributed by atoms with Crippen molar-refractivity contribution in [1.29, 1.82) is 0 Å². The average molecular weight is 911 g/mol. The van der Waals surface area contributed by atoms with Crippen molar-refractivity contribution in [3.05, 3.63) is 0 Å². The second-order valence-electron chi connectivity index (χ2n) is 15.5. The summed E-state index contributed by atoms with van der Waals surface area (Å²) in [6, 6.07) is -3.24. The molecule has 0 aliphatic carbocycles. The van der Waals surface area contributed by atoms with Gasteiger partial charge in [-0.25, -0.2) is 0 Å². The lowest BCUT2D eigenvalue weighted by Gasteiger charge is -2.49. The molecule has 2 amide bonds. The molecule has 17 N–H and O–H groups in total. The number of amides is 2. The molecule has 62 heavy (non-hydrogen) atoms. The predicted octanol–water partition coefficient (Wildman–Crippen LogP) is -11.6. The van der Waals surface area contributed by atoms with Gasteiger partial charge in [-0.1, -0.05) is 0 Å². The molecule has 28 nitrogen and oxygen atoms in total. The van der Waals surface area contributed by atoms with Gasteiger partial charge in [-0.05, 0) is 0 Å². The summed E-state index contributed by atoms with van der Waals surface area (Å²) in [5.41, 5.74) is 0. The number of carbonyl (C=O) groups is 2. The van der Waals surface area contributed by atoms with Crippen molar-refractivity contribution in [2.45, 2.75) is 167 Å². The van der Waals surface area contributed by atoms with Crippen LogP contribution in [0, 0.1) is 0 Å². The van der Waals surface area contributed by atoms with Crippen LogP contribution in [0.3, 0.4) is 0 Å². The number of aliphatic hydroxyl groups is 15. The fourth-order valence-electron chi connectivity index (χ4n) is 7.71. The summed E-state index contributed by atoms with van der Waals surface area (Å²) < 4.78 is 50.9. The Balaban J connectivity index is 1.36. The number of aliphatic hydroxyl groups excluding tert-OH is 15. The number of hydrogen-bond acceptors (Lipinski definition) is 26. The fourth-order valence-corrected chi connectivity index (χ4v) is 7.71. The van der Waals surface area contributed by atoms with Gasteiger partial charge in [0.15, 0.2) is 31.5 Å². The molecule has 0 aromatic rings. The minimum absolute atomic E-state index is 0.752. The lowest BCUT2D eigenvalue weighted by atomic mass is 9.94. The van der Waals surface area contributed by atoms with E-state index in [1.54, 1.807) is 0 Å². The van der Waals surface area contributed by atoms with E-state index < -0.39 is 198 Å². The number of rotatable bonds is 15. The van der Waals surface area contributed by atoms with Gasteiger partial charge in [0.05, 0.1) is 33.0 Å². The minimum atomic E-state index is -2.05. The second kappa shape index (κ2) is 22.0. The van der Waals surface area contributed by atoms with Crippen molar-refractivity contribution in [2.24, 2.45) is 0 Å². The zero-order valence-corrected chi connectivity index (χ0v) is 33.2. The van der Waals surface area contributed by atoms with Gasteiger partial charge < -0.3 is 130 Å². The Labute approximate surface area is 351 Å². The lowest BCUT2D eigenvalue weighted by Crippen LogP contribution is -2.69. The Morgan fingerprint density at radius 3 is 1.32 bits per heavy atom. The molecule has 0 radical (unpaired) electrons. The molecule has 5 fully saturated rings. The number of hydrogen-bond donors (Lipinski definition) is 17. The zero-order chi connectivity index (χ0) is 45.9. The molecule has 25 atom stereocenters. The zero-order valence-electron chi connectivity index (χ0n) is 33.2. The number of nitrogens with one attached hydrogen (secondary N) is 2. The smallest absolute Gasteiger partial charge is 0.217 e. The molecule has 0 spiro atoms. The van der Waals surface area contributed by atoms with E-state index in [2.05, 4.69) is 10.6 Å². The van der Waals surface area contributed by atoms with Gasteiger partial charge in [-0.15, -0.1) is 0 Å². The van der Waals surface area contributed by atoms with E-state index in [1.807, 2.05) is 0 Å². The van der Waals surface area contributed by atoms with Crippen LogP contribution in [0.25, 0.3) is 0 Å². The summed E-state index contributed by atoms with van der Waals surface area (Å²) >= 11 is 0. The summed E-state index contributed by atoms with van der Waals surface area (Å²) in [5, 5.41) is 162. The molecular formula is C34H58N2O26. The molecule has 0 unspecified atom stereocenters. The van der Waals surface area contributed by atoms with Gasteiger partial charge in [0.2, 0.25) is 11.8 Å². The maximum atomic E-state index is 12.3.